The normalized spacial score (nSPS) is 12.4. The Balaban J connectivity index is 2.10. The molecule has 0 aliphatic rings. The largest absolute Gasteiger partial charge is 0.492 e. The second-order valence-corrected chi connectivity index (χ2v) is 13.1. The van der Waals surface area contributed by atoms with Crippen molar-refractivity contribution >= 4 is 50.7 Å². The Morgan fingerprint density at radius 2 is 1.56 bits per heavy atom. The monoisotopic (exact) mass is 619 g/mol. The summed E-state index contributed by atoms with van der Waals surface area (Å²) >= 11 is 12.4. The number of hydrogen-bond donors (Lipinski definition) is 1. The number of carbonyl (C=O) groups is 2. The lowest BCUT2D eigenvalue weighted by molar-refractivity contribution is -0.140. The topological polar surface area (TPSA) is 96.0 Å². The van der Waals surface area contributed by atoms with Gasteiger partial charge in [0.15, 0.2) is 0 Å². The van der Waals surface area contributed by atoms with Gasteiger partial charge in [-0.1, -0.05) is 53.5 Å². The summed E-state index contributed by atoms with van der Waals surface area (Å²) in [5.41, 5.74) is 0.243. The maximum atomic E-state index is 14.1. The van der Waals surface area contributed by atoms with Crippen LogP contribution in [0.2, 0.25) is 10.0 Å². The molecule has 0 fully saturated rings. The second-order valence-electron chi connectivity index (χ2n) is 10.4. The van der Waals surface area contributed by atoms with E-state index in [1.807, 2.05) is 20.8 Å². The van der Waals surface area contributed by atoms with Crippen molar-refractivity contribution in [2.45, 2.75) is 57.6 Å². The highest BCUT2D eigenvalue weighted by molar-refractivity contribution is 7.92. The Morgan fingerprint density at radius 1 is 0.951 bits per heavy atom. The Kier molecular flexibility index (Phi) is 10.7. The SMILES string of the molecule is CCOc1ccccc1N(CC(=O)N(Cc1ccccc1Cl)[C@H](C)C(=O)NC(C)(C)C)S(=O)(=O)c1ccc(Cl)cc1. The first-order chi connectivity index (χ1) is 19.2. The lowest BCUT2D eigenvalue weighted by Gasteiger charge is -2.34. The molecule has 8 nitrogen and oxygen atoms in total. The molecule has 1 N–H and O–H groups in total. The maximum Gasteiger partial charge on any atom is 0.264 e. The van der Waals surface area contributed by atoms with Crippen molar-refractivity contribution in [1.82, 2.24) is 10.2 Å². The molecule has 41 heavy (non-hydrogen) atoms. The van der Waals surface area contributed by atoms with Gasteiger partial charge in [0.1, 0.15) is 18.3 Å². The molecule has 0 aromatic heterocycles. The fourth-order valence-electron chi connectivity index (χ4n) is 4.05. The van der Waals surface area contributed by atoms with Gasteiger partial charge in [-0.3, -0.25) is 13.9 Å². The summed E-state index contributed by atoms with van der Waals surface area (Å²) in [4.78, 5) is 28.6. The van der Waals surface area contributed by atoms with E-state index in [4.69, 9.17) is 27.9 Å². The van der Waals surface area contributed by atoms with Gasteiger partial charge in [-0.25, -0.2) is 8.42 Å². The minimum Gasteiger partial charge on any atom is -0.492 e. The Labute approximate surface area is 252 Å². The van der Waals surface area contributed by atoms with Crippen molar-refractivity contribution < 1.29 is 22.7 Å². The molecule has 1 atom stereocenters. The summed E-state index contributed by atoms with van der Waals surface area (Å²) in [6.45, 7) is 8.55. The smallest absolute Gasteiger partial charge is 0.264 e. The average molecular weight is 621 g/mol. The van der Waals surface area contributed by atoms with Gasteiger partial charge >= 0.3 is 0 Å². The summed E-state index contributed by atoms with van der Waals surface area (Å²) in [6, 6.07) is 18.3. The first-order valence-corrected chi connectivity index (χ1v) is 15.3. The summed E-state index contributed by atoms with van der Waals surface area (Å²) in [5.74, 6) is -0.707. The number of ether oxygens (including phenoxy) is 1. The zero-order valence-corrected chi connectivity index (χ0v) is 26.1. The van der Waals surface area contributed by atoms with Crippen molar-refractivity contribution in [2.75, 3.05) is 17.5 Å². The van der Waals surface area contributed by atoms with Crippen molar-refractivity contribution in [3.63, 3.8) is 0 Å². The van der Waals surface area contributed by atoms with Gasteiger partial charge in [0, 0.05) is 22.1 Å². The summed E-state index contributed by atoms with van der Waals surface area (Å²) in [7, 11) is -4.28. The molecule has 11 heteroatoms. The minimum absolute atomic E-state index is 0.0147. The standard InChI is InChI=1S/C30H35Cl2N3O5S/c1-6-40-27-14-10-9-13-26(27)35(41(38,39)24-17-15-23(31)16-18-24)20-28(36)34(19-22-11-7-8-12-25(22)32)21(2)29(37)33-30(3,4)5/h7-18,21H,6,19-20H2,1-5H3,(H,33,37)/t21-/m1/s1. The van der Waals surface area contributed by atoms with Gasteiger partial charge in [0.05, 0.1) is 17.2 Å². The van der Waals surface area contributed by atoms with E-state index in [-0.39, 0.29) is 35.4 Å². The molecule has 2 amide bonds. The maximum absolute atomic E-state index is 14.1. The van der Waals surface area contributed by atoms with Gasteiger partial charge in [0.25, 0.3) is 10.0 Å². The van der Waals surface area contributed by atoms with Crippen molar-refractivity contribution in [3.05, 3.63) is 88.4 Å². The predicted molar refractivity (Wildman–Crippen MR) is 163 cm³/mol. The van der Waals surface area contributed by atoms with Crippen LogP contribution in [0.4, 0.5) is 5.69 Å². The fourth-order valence-corrected chi connectivity index (χ4v) is 5.80. The number of sulfonamides is 1. The first-order valence-electron chi connectivity index (χ1n) is 13.1. The number of halogens is 2. The summed E-state index contributed by atoms with van der Waals surface area (Å²) in [6.07, 6.45) is 0. The molecule has 0 heterocycles. The van der Waals surface area contributed by atoms with Crippen molar-refractivity contribution in [2.24, 2.45) is 0 Å². The minimum atomic E-state index is -4.28. The molecule has 0 spiro atoms. The average Bonchev–Trinajstić information content (AvgIpc) is 2.90. The van der Waals surface area contributed by atoms with Crippen LogP contribution in [0.3, 0.4) is 0 Å². The van der Waals surface area contributed by atoms with Gasteiger partial charge in [-0.15, -0.1) is 0 Å². The van der Waals surface area contributed by atoms with Crippen molar-refractivity contribution in [1.29, 1.82) is 0 Å². The fraction of sp³-hybridized carbons (Fsp3) is 0.333. The number of hydrogen-bond acceptors (Lipinski definition) is 5. The molecular formula is C30H35Cl2N3O5S. The van der Waals surface area contributed by atoms with Gasteiger partial charge < -0.3 is 15.0 Å². The van der Waals surface area contributed by atoms with Gasteiger partial charge in [0.2, 0.25) is 11.8 Å². The third-order valence-corrected chi connectivity index (χ3v) is 8.47. The number of amides is 2. The Morgan fingerprint density at radius 3 is 2.17 bits per heavy atom. The molecule has 0 aliphatic carbocycles. The van der Waals surface area contributed by atoms with Crippen LogP contribution in [0, 0.1) is 0 Å². The third-order valence-electron chi connectivity index (χ3n) is 6.08. The molecule has 3 aromatic rings. The zero-order valence-electron chi connectivity index (χ0n) is 23.7. The number of anilines is 1. The molecule has 220 valence electrons. The Bertz CT molecular complexity index is 1470. The molecule has 0 unspecified atom stereocenters. The van der Waals surface area contributed by atoms with Crippen LogP contribution in [0.25, 0.3) is 0 Å². The van der Waals surface area contributed by atoms with Crippen LogP contribution in [0.15, 0.2) is 77.7 Å². The molecule has 0 bridgehead atoms. The van der Waals surface area contributed by atoms with Crippen LogP contribution in [-0.2, 0) is 26.2 Å². The van der Waals surface area contributed by atoms with E-state index >= 15 is 0 Å². The molecule has 0 radical (unpaired) electrons. The number of benzene rings is 3. The molecule has 3 aromatic carbocycles. The molecule has 3 rings (SSSR count). The summed E-state index contributed by atoms with van der Waals surface area (Å²) in [5, 5.41) is 3.68. The quantitative estimate of drug-likeness (QED) is 0.287. The van der Waals surface area contributed by atoms with Crippen molar-refractivity contribution in [3.8, 4) is 5.75 Å². The number of nitrogens with zero attached hydrogens (tertiary/aromatic N) is 2. The van der Waals surface area contributed by atoms with E-state index in [1.165, 1.54) is 29.2 Å². The van der Waals surface area contributed by atoms with Crippen LogP contribution in [-0.4, -0.2) is 49.9 Å². The third kappa shape index (κ3) is 8.38. The summed E-state index contributed by atoms with van der Waals surface area (Å²) < 4.78 is 34.8. The van der Waals surface area contributed by atoms with Crippen LogP contribution >= 0.6 is 23.2 Å². The van der Waals surface area contributed by atoms with Crippen LogP contribution in [0.1, 0.15) is 40.2 Å². The highest BCUT2D eigenvalue weighted by Gasteiger charge is 2.34. The number of carbonyl (C=O) groups excluding carboxylic acids is 2. The molecule has 0 saturated heterocycles. The zero-order chi connectivity index (χ0) is 30.4. The molecule has 0 saturated carbocycles. The van der Waals surface area contributed by atoms with Gasteiger partial charge in [-0.2, -0.15) is 0 Å². The predicted octanol–water partition coefficient (Wildman–Crippen LogP) is 5.92. The van der Waals surface area contributed by atoms with E-state index in [1.54, 1.807) is 62.4 Å². The molecular weight excluding hydrogens is 585 g/mol. The second kappa shape index (κ2) is 13.6. The highest BCUT2D eigenvalue weighted by Crippen LogP contribution is 2.33. The highest BCUT2D eigenvalue weighted by atomic mass is 35.5. The lowest BCUT2D eigenvalue weighted by Crippen LogP contribution is -2.54. The first kappa shape index (κ1) is 32.2. The van der Waals surface area contributed by atoms with Crippen LogP contribution in [0.5, 0.6) is 5.75 Å². The lowest BCUT2D eigenvalue weighted by atomic mass is 10.1. The number of rotatable bonds is 11. The van der Waals surface area contributed by atoms with Gasteiger partial charge in [-0.05, 0) is 82.6 Å². The van der Waals surface area contributed by atoms with E-state index in [0.29, 0.717) is 15.6 Å². The number of nitrogens with one attached hydrogen (secondary N) is 1. The van der Waals surface area contributed by atoms with E-state index in [9.17, 15) is 18.0 Å². The van der Waals surface area contributed by atoms with E-state index in [2.05, 4.69) is 5.32 Å². The van der Waals surface area contributed by atoms with Crippen LogP contribution < -0.4 is 14.4 Å². The van der Waals surface area contributed by atoms with E-state index < -0.39 is 34.1 Å². The molecule has 0 aliphatic heterocycles. The van der Waals surface area contributed by atoms with E-state index in [0.717, 1.165) is 4.31 Å². The Hall–Kier alpha value is -3.27. The number of para-hydroxylation sites is 2.